The number of aryl methyl sites for hydroxylation is 1. The summed E-state index contributed by atoms with van der Waals surface area (Å²) in [6, 6.07) is 5.61. The largest absolute Gasteiger partial charge is 0.286 e. The van der Waals surface area contributed by atoms with Crippen molar-refractivity contribution in [2.45, 2.75) is 45.6 Å². The van der Waals surface area contributed by atoms with Crippen molar-refractivity contribution in [3.05, 3.63) is 56.8 Å². The van der Waals surface area contributed by atoms with Crippen molar-refractivity contribution < 1.29 is 4.39 Å². The second-order valence-electron chi connectivity index (χ2n) is 5.72. The zero-order valence-electron chi connectivity index (χ0n) is 11.9. The van der Waals surface area contributed by atoms with Gasteiger partial charge in [0.2, 0.25) is 0 Å². The van der Waals surface area contributed by atoms with E-state index in [9.17, 15) is 9.18 Å². The molecule has 0 radical (unpaired) electrons. The van der Waals surface area contributed by atoms with Gasteiger partial charge < -0.3 is 0 Å². The summed E-state index contributed by atoms with van der Waals surface area (Å²) >= 11 is 0. The molecule has 0 saturated heterocycles. The van der Waals surface area contributed by atoms with Gasteiger partial charge in [0.05, 0.1) is 6.04 Å². The van der Waals surface area contributed by atoms with Crippen LogP contribution in [0.1, 0.15) is 47.7 Å². The lowest BCUT2D eigenvalue weighted by Gasteiger charge is -2.27. The number of hydrogen-bond donors (Lipinski definition) is 1. The number of aromatic nitrogens is 2. The Morgan fingerprint density at radius 2 is 2.10 bits per heavy atom. The van der Waals surface area contributed by atoms with E-state index in [2.05, 4.69) is 5.10 Å². The fourth-order valence-electron chi connectivity index (χ4n) is 2.74. The van der Waals surface area contributed by atoms with Gasteiger partial charge in [0.1, 0.15) is 5.82 Å². The molecule has 1 aliphatic carbocycles. The van der Waals surface area contributed by atoms with E-state index < -0.39 is 0 Å². The van der Waals surface area contributed by atoms with Crippen LogP contribution in [0.2, 0.25) is 0 Å². The van der Waals surface area contributed by atoms with Crippen molar-refractivity contribution in [2.24, 2.45) is 0 Å². The Bertz CT molecular complexity index is 695. The lowest BCUT2D eigenvalue weighted by atomic mass is 9.93. The number of nitrogens with zero attached hydrogens (tertiary/aromatic N) is 1. The highest BCUT2D eigenvalue weighted by Gasteiger charge is 2.23. The number of aromatic amines is 1. The van der Waals surface area contributed by atoms with Gasteiger partial charge in [0.15, 0.2) is 0 Å². The molecular weight excluding hydrogens is 255 g/mol. The van der Waals surface area contributed by atoms with Crippen LogP contribution >= 0.6 is 0 Å². The van der Waals surface area contributed by atoms with Crippen molar-refractivity contribution in [1.29, 1.82) is 0 Å². The quantitative estimate of drug-likeness (QED) is 0.916. The van der Waals surface area contributed by atoms with Gasteiger partial charge >= 0.3 is 0 Å². The van der Waals surface area contributed by atoms with Crippen LogP contribution < -0.4 is 5.56 Å². The minimum absolute atomic E-state index is 0.0459. The molecule has 0 spiro atoms. The Hall–Kier alpha value is -1.84. The van der Waals surface area contributed by atoms with Gasteiger partial charge in [-0.1, -0.05) is 12.1 Å². The molecule has 1 N–H and O–H groups in total. The van der Waals surface area contributed by atoms with Crippen LogP contribution in [0.3, 0.4) is 0 Å². The molecule has 1 aliphatic rings. The summed E-state index contributed by atoms with van der Waals surface area (Å²) in [5, 5.41) is 2.93. The van der Waals surface area contributed by atoms with E-state index in [1.165, 1.54) is 12.5 Å². The Kier molecular flexibility index (Phi) is 3.24. The number of benzene rings is 1. The van der Waals surface area contributed by atoms with E-state index in [4.69, 9.17) is 0 Å². The second kappa shape index (κ2) is 4.93. The molecule has 0 bridgehead atoms. The second-order valence-corrected chi connectivity index (χ2v) is 5.72. The zero-order chi connectivity index (χ0) is 14.3. The lowest BCUT2D eigenvalue weighted by Crippen LogP contribution is -2.20. The van der Waals surface area contributed by atoms with E-state index in [0.29, 0.717) is 18.0 Å². The highest BCUT2D eigenvalue weighted by molar-refractivity contribution is 5.30. The number of rotatable bonds is 3. The van der Waals surface area contributed by atoms with Crippen molar-refractivity contribution >= 4 is 0 Å². The Morgan fingerprint density at radius 1 is 1.35 bits per heavy atom. The number of nitrogens with one attached hydrogen (secondary N) is 1. The van der Waals surface area contributed by atoms with Crippen LogP contribution in [0, 0.1) is 19.7 Å². The molecular formula is C16H19FN2O. The maximum absolute atomic E-state index is 13.6. The third kappa shape index (κ3) is 2.19. The molecule has 1 fully saturated rings. The average Bonchev–Trinajstić information content (AvgIpc) is 2.60. The van der Waals surface area contributed by atoms with Gasteiger partial charge in [-0.2, -0.15) is 0 Å². The van der Waals surface area contributed by atoms with E-state index in [0.717, 1.165) is 29.7 Å². The van der Waals surface area contributed by atoms with Crippen LogP contribution in [-0.4, -0.2) is 9.78 Å². The highest BCUT2D eigenvalue weighted by atomic mass is 19.1. The van der Waals surface area contributed by atoms with Crippen LogP contribution in [0.5, 0.6) is 0 Å². The van der Waals surface area contributed by atoms with E-state index in [-0.39, 0.29) is 11.4 Å². The van der Waals surface area contributed by atoms with E-state index in [1.54, 1.807) is 13.0 Å². The fraction of sp³-hybridized carbons (Fsp3) is 0.438. The summed E-state index contributed by atoms with van der Waals surface area (Å²) in [4.78, 5) is 12.1. The first-order chi connectivity index (χ1) is 9.56. The molecule has 0 amide bonds. The Morgan fingerprint density at radius 3 is 2.70 bits per heavy atom. The molecule has 1 aromatic carbocycles. The molecule has 0 atom stereocenters. The van der Waals surface area contributed by atoms with Crippen molar-refractivity contribution in [3.8, 4) is 0 Å². The van der Waals surface area contributed by atoms with E-state index in [1.807, 2.05) is 17.7 Å². The predicted molar refractivity (Wildman–Crippen MR) is 76.6 cm³/mol. The first-order valence-corrected chi connectivity index (χ1v) is 7.11. The lowest BCUT2D eigenvalue weighted by molar-refractivity contribution is 0.283. The summed E-state index contributed by atoms with van der Waals surface area (Å²) in [6.45, 7) is 3.71. The maximum Gasteiger partial charge on any atom is 0.267 e. The molecule has 106 valence electrons. The molecule has 1 aromatic heterocycles. The normalized spacial score (nSPS) is 15.3. The molecule has 0 unspecified atom stereocenters. The van der Waals surface area contributed by atoms with Crippen LogP contribution in [0.15, 0.2) is 23.0 Å². The van der Waals surface area contributed by atoms with Crippen molar-refractivity contribution in [1.82, 2.24) is 9.78 Å². The zero-order valence-corrected chi connectivity index (χ0v) is 11.9. The predicted octanol–water partition coefficient (Wildman–Crippen LogP) is 3.25. The van der Waals surface area contributed by atoms with Crippen molar-refractivity contribution in [3.63, 3.8) is 0 Å². The molecule has 1 saturated carbocycles. The summed E-state index contributed by atoms with van der Waals surface area (Å²) < 4.78 is 15.6. The topological polar surface area (TPSA) is 37.8 Å². The smallest absolute Gasteiger partial charge is 0.267 e. The van der Waals surface area contributed by atoms with Crippen LogP contribution in [0.4, 0.5) is 4.39 Å². The number of halogens is 1. The highest BCUT2D eigenvalue weighted by Crippen LogP contribution is 2.32. The van der Waals surface area contributed by atoms with E-state index >= 15 is 0 Å². The minimum Gasteiger partial charge on any atom is -0.286 e. The summed E-state index contributed by atoms with van der Waals surface area (Å²) in [6.07, 6.45) is 3.97. The molecule has 2 aromatic rings. The summed E-state index contributed by atoms with van der Waals surface area (Å²) in [5.41, 5.74) is 3.16. The maximum atomic E-state index is 13.6. The first kappa shape index (κ1) is 13.2. The van der Waals surface area contributed by atoms with Crippen molar-refractivity contribution in [2.75, 3.05) is 0 Å². The fourth-order valence-corrected chi connectivity index (χ4v) is 2.74. The summed E-state index contributed by atoms with van der Waals surface area (Å²) in [5.74, 6) is -0.213. The standard InChI is InChI=1S/C16H19FN2O/c1-10-6-7-12(9-15(10)17)8-14-11(2)19(18-16(14)20)13-4-3-5-13/h6-7,9,13H,3-5,8H2,1-2H3,(H,18,20). The average molecular weight is 274 g/mol. The monoisotopic (exact) mass is 274 g/mol. The molecule has 3 rings (SSSR count). The van der Waals surface area contributed by atoms with Gasteiger partial charge in [-0.3, -0.25) is 14.6 Å². The molecule has 3 nitrogen and oxygen atoms in total. The van der Waals surface area contributed by atoms with Gasteiger partial charge in [-0.15, -0.1) is 0 Å². The van der Waals surface area contributed by atoms with Crippen LogP contribution in [-0.2, 0) is 6.42 Å². The molecule has 20 heavy (non-hydrogen) atoms. The van der Waals surface area contributed by atoms with Crippen LogP contribution in [0.25, 0.3) is 0 Å². The Labute approximate surface area is 117 Å². The third-order valence-electron chi connectivity index (χ3n) is 4.35. The minimum atomic E-state index is -0.213. The Balaban J connectivity index is 1.92. The first-order valence-electron chi connectivity index (χ1n) is 7.11. The number of H-pyrrole nitrogens is 1. The third-order valence-corrected chi connectivity index (χ3v) is 4.35. The van der Waals surface area contributed by atoms with Gasteiger partial charge in [-0.05, 0) is 50.3 Å². The SMILES string of the molecule is Cc1ccc(Cc2c(C)n(C3CCC3)[nH]c2=O)cc1F. The molecule has 1 heterocycles. The molecule has 0 aliphatic heterocycles. The van der Waals surface area contributed by atoms with Gasteiger partial charge in [-0.25, -0.2) is 4.39 Å². The summed E-state index contributed by atoms with van der Waals surface area (Å²) in [7, 11) is 0. The molecule has 4 heteroatoms. The van der Waals surface area contributed by atoms with Gasteiger partial charge in [0.25, 0.3) is 5.56 Å². The van der Waals surface area contributed by atoms with Gasteiger partial charge in [0, 0.05) is 17.7 Å². The number of hydrogen-bond acceptors (Lipinski definition) is 1.